The Morgan fingerprint density at radius 2 is 1.00 bits per heavy atom. The molecule has 0 atom stereocenters. The van der Waals surface area contributed by atoms with Crippen LogP contribution in [0.5, 0.6) is 0 Å². The maximum atomic E-state index is 11.5. The van der Waals surface area contributed by atoms with Crippen molar-refractivity contribution in [1.29, 1.82) is 0 Å². The second kappa shape index (κ2) is 12.5. The predicted molar refractivity (Wildman–Crippen MR) is 100 cm³/mol. The fourth-order valence-electron chi connectivity index (χ4n) is 3.46. The molecule has 0 aliphatic heterocycles. The minimum absolute atomic E-state index is 0.133. The third-order valence-electron chi connectivity index (χ3n) is 4.93. The molecule has 0 saturated carbocycles. The zero-order valence-corrected chi connectivity index (χ0v) is 16.3. The van der Waals surface area contributed by atoms with Crippen molar-refractivity contribution in [2.75, 3.05) is 0 Å². The first-order valence-electron chi connectivity index (χ1n) is 10.1. The van der Waals surface area contributed by atoms with E-state index in [4.69, 9.17) is 0 Å². The van der Waals surface area contributed by atoms with Gasteiger partial charge < -0.3 is 19.8 Å². The first kappa shape index (κ1) is 22.2. The van der Waals surface area contributed by atoms with Crippen LogP contribution < -0.4 is 10.2 Å². The number of carbonyl (C=O) groups excluding carboxylic acids is 2. The topological polar surface area (TPSA) is 80.3 Å². The van der Waals surface area contributed by atoms with Crippen LogP contribution >= 0.6 is 0 Å². The third-order valence-corrected chi connectivity index (χ3v) is 4.93. The van der Waals surface area contributed by atoms with Gasteiger partial charge in [0.15, 0.2) is 0 Å². The number of benzene rings is 1. The van der Waals surface area contributed by atoms with Gasteiger partial charge in [0, 0.05) is 11.1 Å². The van der Waals surface area contributed by atoms with Crippen molar-refractivity contribution < 1.29 is 19.8 Å². The summed E-state index contributed by atoms with van der Waals surface area (Å²) in [4.78, 5) is 23.1. The van der Waals surface area contributed by atoms with Gasteiger partial charge in [-0.1, -0.05) is 77.3 Å². The van der Waals surface area contributed by atoms with Gasteiger partial charge in [-0.25, -0.2) is 0 Å². The Balaban J connectivity index is 2.99. The predicted octanol–water partition coefficient (Wildman–Crippen LogP) is 3.44. The molecule has 0 aromatic heterocycles. The minimum Gasteiger partial charge on any atom is -0.545 e. The van der Waals surface area contributed by atoms with Gasteiger partial charge in [0.2, 0.25) is 0 Å². The zero-order valence-electron chi connectivity index (χ0n) is 16.3. The van der Waals surface area contributed by atoms with E-state index in [1.54, 1.807) is 0 Å². The van der Waals surface area contributed by atoms with Crippen LogP contribution in [0.3, 0.4) is 0 Å². The van der Waals surface area contributed by atoms with Crippen LogP contribution in [-0.4, -0.2) is 11.9 Å². The van der Waals surface area contributed by atoms with E-state index < -0.39 is 11.9 Å². The van der Waals surface area contributed by atoms with E-state index >= 15 is 0 Å². The van der Waals surface area contributed by atoms with Crippen molar-refractivity contribution in [2.45, 2.75) is 90.9 Å². The lowest BCUT2D eigenvalue weighted by Crippen LogP contribution is -2.28. The van der Waals surface area contributed by atoms with Gasteiger partial charge in [0.1, 0.15) is 0 Å². The van der Waals surface area contributed by atoms with Crippen LogP contribution in [0.2, 0.25) is 0 Å². The number of hydrogen-bond acceptors (Lipinski definition) is 4. The number of carboxylic acids is 2. The molecule has 0 N–H and O–H groups in total. The summed E-state index contributed by atoms with van der Waals surface area (Å²) in [6.45, 7) is 4.29. The molecular formula is C22H32O4-2. The van der Waals surface area contributed by atoms with E-state index in [0.29, 0.717) is 24.0 Å². The average Bonchev–Trinajstić information content (AvgIpc) is 2.61. The fourth-order valence-corrected chi connectivity index (χ4v) is 3.46. The molecule has 26 heavy (non-hydrogen) atoms. The summed E-state index contributed by atoms with van der Waals surface area (Å²) in [6.07, 6.45) is 11.8. The van der Waals surface area contributed by atoms with Gasteiger partial charge in [0.25, 0.3) is 0 Å². The molecule has 0 amide bonds. The van der Waals surface area contributed by atoms with Crippen molar-refractivity contribution in [3.05, 3.63) is 34.4 Å². The molecule has 146 valence electrons. The molecule has 1 aromatic carbocycles. The number of carbonyl (C=O) groups is 2. The standard InChI is InChI=1S/C22H34O4/c1-3-5-7-9-11-13-17-18(14-12-10-8-6-4-2)20(22(25)26)16-15-19(17)21(23)24/h15-16H,3-14H2,1-2H3,(H,23,24)(H,25,26)/p-2. The van der Waals surface area contributed by atoms with Gasteiger partial charge in [-0.3, -0.25) is 0 Å². The Bertz CT molecular complexity index is 527. The third kappa shape index (κ3) is 7.19. The van der Waals surface area contributed by atoms with Crippen LogP contribution in [0.25, 0.3) is 0 Å². The number of rotatable bonds is 14. The van der Waals surface area contributed by atoms with Gasteiger partial charge in [0.05, 0.1) is 11.9 Å². The maximum Gasteiger partial charge on any atom is 0.0718 e. The van der Waals surface area contributed by atoms with Crippen LogP contribution in [0.4, 0.5) is 0 Å². The minimum atomic E-state index is -1.23. The highest BCUT2D eigenvalue weighted by Crippen LogP contribution is 2.24. The smallest absolute Gasteiger partial charge is 0.0718 e. The van der Waals surface area contributed by atoms with Gasteiger partial charge in [-0.2, -0.15) is 0 Å². The highest BCUT2D eigenvalue weighted by Gasteiger charge is 2.14. The van der Waals surface area contributed by atoms with Crippen molar-refractivity contribution in [1.82, 2.24) is 0 Å². The van der Waals surface area contributed by atoms with Crippen molar-refractivity contribution in [2.24, 2.45) is 0 Å². The molecule has 1 rings (SSSR count). The summed E-state index contributed by atoms with van der Waals surface area (Å²) >= 11 is 0. The maximum absolute atomic E-state index is 11.5. The highest BCUT2D eigenvalue weighted by molar-refractivity contribution is 5.93. The number of aromatic carboxylic acids is 2. The lowest BCUT2D eigenvalue weighted by molar-refractivity contribution is -0.256. The lowest BCUT2D eigenvalue weighted by Gasteiger charge is -2.20. The molecule has 4 heteroatoms. The van der Waals surface area contributed by atoms with E-state index in [9.17, 15) is 19.8 Å². The van der Waals surface area contributed by atoms with E-state index in [1.807, 2.05) is 0 Å². The zero-order chi connectivity index (χ0) is 19.4. The van der Waals surface area contributed by atoms with Crippen molar-refractivity contribution >= 4 is 11.9 Å². The molecule has 0 bridgehead atoms. The van der Waals surface area contributed by atoms with Crippen molar-refractivity contribution in [3.8, 4) is 0 Å². The molecule has 0 fully saturated rings. The second-order valence-electron chi connectivity index (χ2n) is 7.02. The molecule has 0 radical (unpaired) electrons. The summed E-state index contributed by atoms with van der Waals surface area (Å²) in [6, 6.07) is 2.73. The molecule has 0 aliphatic rings. The Labute approximate surface area is 157 Å². The summed E-state index contributed by atoms with van der Waals surface area (Å²) < 4.78 is 0. The molecule has 0 spiro atoms. The summed E-state index contributed by atoms with van der Waals surface area (Å²) in [5.74, 6) is -2.46. The SMILES string of the molecule is CCCCCCCc1c(C(=O)[O-])ccc(C(=O)[O-])c1CCCCCCC. The largest absolute Gasteiger partial charge is 0.545 e. The van der Waals surface area contributed by atoms with Crippen LogP contribution in [0.15, 0.2) is 12.1 Å². The summed E-state index contributed by atoms with van der Waals surface area (Å²) in [5.41, 5.74) is 1.54. The fraction of sp³-hybridized carbons (Fsp3) is 0.636. The van der Waals surface area contributed by atoms with E-state index in [0.717, 1.165) is 64.2 Å². The Hall–Kier alpha value is -1.84. The number of carboxylic acid groups (broad SMARTS) is 2. The average molecular weight is 360 g/mol. The van der Waals surface area contributed by atoms with Crippen LogP contribution in [0.1, 0.15) is 110 Å². The summed E-state index contributed by atoms with van der Waals surface area (Å²) in [7, 11) is 0. The first-order chi connectivity index (χ1) is 12.5. The van der Waals surface area contributed by atoms with Gasteiger partial charge in [-0.15, -0.1) is 0 Å². The Morgan fingerprint density at radius 1 is 0.654 bits per heavy atom. The number of unbranched alkanes of at least 4 members (excludes halogenated alkanes) is 8. The molecule has 4 nitrogen and oxygen atoms in total. The first-order valence-corrected chi connectivity index (χ1v) is 10.1. The molecule has 0 saturated heterocycles. The quantitative estimate of drug-likeness (QED) is 0.476. The van der Waals surface area contributed by atoms with E-state index in [-0.39, 0.29) is 11.1 Å². The Morgan fingerprint density at radius 3 is 1.31 bits per heavy atom. The van der Waals surface area contributed by atoms with Gasteiger partial charge >= 0.3 is 0 Å². The van der Waals surface area contributed by atoms with E-state index in [2.05, 4.69) is 13.8 Å². The summed E-state index contributed by atoms with van der Waals surface area (Å²) in [5, 5.41) is 23.1. The lowest BCUT2D eigenvalue weighted by atomic mass is 9.88. The molecular weight excluding hydrogens is 328 g/mol. The van der Waals surface area contributed by atoms with E-state index in [1.165, 1.54) is 12.1 Å². The highest BCUT2D eigenvalue weighted by atomic mass is 16.4. The molecule has 0 unspecified atom stereocenters. The molecule has 1 aromatic rings. The van der Waals surface area contributed by atoms with Crippen LogP contribution in [-0.2, 0) is 12.8 Å². The van der Waals surface area contributed by atoms with Crippen LogP contribution in [0, 0.1) is 0 Å². The van der Waals surface area contributed by atoms with Crippen molar-refractivity contribution in [3.63, 3.8) is 0 Å². The normalized spacial score (nSPS) is 10.8. The monoisotopic (exact) mass is 360 g/mol. The van der Waals surface area contributed by atoms with Gasteiger partial charge in [-0.05, 0) is 36.8 Å². The molecule has 0 heterocycles. The second-order valence-corrected chi connectivity index (χ2v) is 7.02. The Kier molecular flexibility index (Phi) is 10.7. The number of hydrogen-bond donors (Lipinski definition) is 0. The molecule has 0 aliphatic carbocycles.